The Morgan fingerprint density at radius 2 is 2.12 bits per heavy atom. The van der Waals surface area contributed by atoms with E-state index in [0.29, 0.717) is 0 Å². The number of rotatable bonds is 4. The second kappa shape index (κ2) is 5.69. The van der Waals surface area contributed by atoms with Gasteiger partial charge in [-0.2, -0.15) is 0 Å². The van der Waals surface area contributed by atoms with Crippen LogP contribution in [0.5, 0.6) is 0 Å². The van der Waals surface area contributed by atoms with E-state index in [1.54, 1.807) is 0 Å². The zero-order valence-electron chi connectivity index (χ0n) is 9.90. The maximum Gasteiger partial charge on any atom is 0.105 e. The summed E-state index contributed by atoms with van der Waals surface area (Å²) >= 11 is 5.88. The fourth-order valence-corrected chi connectivity index (χ4v) is 2.56. The number of hydrogen-bond donors (Lipinski definition) is 0. The van der Waals surface area contributed by atoms with Crippen molar-refractivity contribution < 1.29 is 0 Å². The Hall–Kier alpha value is -0.540. The molecule has 1 aliphatic rings. The van der Waals surface area contributed by atoms with E-state index in [4.69, 9.17) is 11.6 Å². The van der Waals surface area contributed by atoms with Crippen LogP contribution in [-0.4, -0.2) is 40.0 Å². The van der Waals surface area contributed by atoms with Crippen molar-refractivity contribution in [1.82, 2.24) is 14.5 Å². The lowest BCUT2D eigenvalue weighted by atomic mass is 9.99. The summed E-state index contributed by atoms with van der Waals surface area (Å²) in [6.07, 6.45) is 6.44. The van der Waals surface area contributed by atoms with E-state index in [1.165, 1.54) is 25.9 Å². The Bertz CT molecular complexity index is 316. The molecule has 4 heteroatoms. The van der Waals surface area contributed by atoms with Crippen molar-refractivity contribution >= 4 is 11.6 Å². The normalized spacial score (nSPS) is 19.1. The predicted octanol–water partition coefficient (Wildman–Crippen LogP) is 2.14. The summed E-state index contributed by atoms with van der Waals surface area (Å²) < 4.78 is 2.22. The summed E-state index contributed by atoms with van der Waals surface area (Å²) in [5.41, 5.74) is 0. The molecule has 0 amide bonds. The molecule has 0 N–H and O–H groups in total. The van der Waals surface area contributed by atoms with Crippen LogP contribution in [0.3, 0.4) is 0 Å². The number of hydrogen-bond acceptors (Lipinski definition) is 2. The van der Waals surface area contributed by atoms with Gasteiger partial charge in [0, 0.05) is 31.4 Å². The number of halogens is 1. The van der Waals surface area contributed by atoms with E-state index in [9.17, 15) is 0 Å². The first-order chi connectivity index (χ1) is 7.79. The number of imidazole rings is 1. The maximum absolute atomic E-state index is 5.88. The highest BCUT2D eigenvalue weighted by atomic mass is 35.5. The van der Waals surface area contributed by atoms with Gasteiger partial charge in [0.05, 0.1) is 0 Å². The van der Waals surface area contributed by atoms with Crippen molar-refractivity contribution in [2.75, 3.05) is 25.5 Å². The molecule has 0 aliphatic carbocycles. The Balaban J connectivity index is 1.73. The average molecular weight is 242 g/mol. The molecule has 0 aromatic carbocycles. The molecule has 2 heterocycles. The van der Waals surface area contributed by atoms with E-state index in [-0.39, 0.29) is 0 Å². The Labute approximate surface area is 102 Å². The van der Waals surface area contributed by atoms with Gasteiger partial charge < -0.3 is 9.47 Å². The van der Waals surface area contributed by atoms with Gasteiger partial charge in [0.1, 0.15) is 5.82 Å². The van der Waals surface area contributed by atoms with Gasteiger partial charge in [-0.1, -0.05) is 0 Å². The van der Waals surface area contributed by atoms with Gasteiger partial charge in [0.2, 0.25) is 0 Å². The number of alkyl halides is 1. The number of nitrogens with zero attached hydrogens (tertiary/aromatic N) is 3. The van der Waals surface area contributed by atoms with Crippen LogP contribution in [0.2, 0.25) is 0 Å². The van der Waals surface area contributed by atoms with Crippen LogP contribution < -0.4 is 0 Å². The quantitative estimate of drug-likeness (QED) is 0.754. The van der Waals surface area contributed by atoms with Gasteiger partial charge in [-0.05, 0) is 38.8 Å². The Kier molecular flexibility index (Phi) is 4.24. The van der Waals surface area contributed by atoms with Gasteiger partial charge >= 0.3 is 0 Å². The zero-order chi connectivity index (χ0) is 11.4. The third-order valence-electron chi connectivity index (χ3n) is 3.51. The third-order valence-corrected chi connectivity index (χ3v) is 3.94. The molecule has 0 atom stereocenters. The SMILES string of the molecule is Cc1nccn1CCN1CCC(CCl)CC1. The summed E-state index contributed by atoms with van der Waals surface area (Å²) in [5, 5.41) is 0. The van der Waals surface area contributed by atoms with Gasteiger partial charge in [-0.25, -0.2) is 4.98 Å². The minimum absolute atomic E-state index is 0.743. The van der Waals surface area contributed by atoms with E-state index in [2.05, 4.69) is 27.6 Å². The van der Waals surface area contributed by atoms with E-state index in [1.807, 2.05) is 6.20 Å². The first kappa shape index (κ1) is 11.9. The lowest BCUT2D eigenvalue weighted by Crippen LogP contribution is -2.36. The summed E-state index contributed by atoms with van der Waals surface area (Å²) in [5.74, 6) is 2.68. The molecule has 90 valence electrons. The molecule has 1 fully saturated rings. The van der Waals surface area contributed by atoms with Crippen LogP contribution in [0.4, 0.5) is 0 Å². The van der Waals surface area contributed by atoms with Crippen LogP contribution >= 0.6 is 11.6 Å². The minimum Gasteiger partial charge on any atom is -0.334 e. The second-order valence-electron chi connectivity index (χ2n) is 4.61. The Morgan fingerprint density at radius 3 is 2.69 bits per heavy atom. The molecule has 0 unspecified atom stereocenters. The summed E-state index contributed by atoms with van der Waals surface area (Å²) in [6, 6.07) is 0. The molecule has 1 aliphatic heterocycles. The summed E-state index contributed by atoms with van der Waals surface area (Å²) in [7, 11) is 0. The standard InChI is InChI=1S/C12H20ClN3/c1-11-14-4-7-16(11)9-8-15-5-2-12(10-13)3-6-15/h4,7,12H,2-3,5-6,8-10H2,1H3. The molecule has 1 aromatic rings. The largest absolute Gasteiger partial charge is 0.334 e. The van der Waals surface area contributed by atoms with Crippen LogP contribution in [0.25, 0.3) is 0 Å². The highest BCUT2D eigenvalue weighted by Crippen LogP contribution is 2.18. The molecule has 3 nitrogen and oxygen atoms in total. The maximum atomic E-state index is 5.88. The van der Waals surface area contributed by atoms with Gasteiger partial charge in [0.25, 0.3) is 0 Å². The lowest BCUT2D eigenvalue weighted by Gasteiger charge is -2.31. The molecule has 16 heavy (non-hydrogen) atoms. The van der Waals surface area contributed by atoms with Gasteiger partial charge in [-0.15, -0.1) is 11.6 Å². The monoisotopic (exact) mass is 241 g/mol. The molecule has 1 aromatic heterocycles. The predicted molar refractivity (Wildman–Crippen MR) is 66.8 cm³/mol. The van der Waals surface area contributed by atoms with Crippen LogP contribution in [0, 0.1) is 12.8 Å². The second-order valence-corrected chi connectivity index (χ2v) is 4.92. The fraction of sp³-hybridized carbons (Fsp3) is 0.750. The third kappa shape index (κ3) is 2.98. The number of aryl methyl sites for hydroxylation is 1. The lowest BCUT2D eigenvalue weighted by molar-refractivity contribution is 0.187. The highest BCUT2D eigenvalue weighted by Gasteiger charge is 2.17. The molecular weight excluding hydrogens is 222 g/mol. The van der Waals surface area contributed by atoms with Gasteiger partial charge in [-0.3, -0.25) is 0 Å². The van der Waals surface area contributed by atoms with Crippen LogP contribution in [0.15, 0.2) is 12.4 Å². The molecule has 0 spiro atoms. The molecule has 2 rings (SSSR count). The summed E-state index contributed by atoms with van der Waals surface area (Å²) in [6.45, 7) is 6.64. The number of aromatic nitrogens is 2. The zero-order valence-corrected chi connectivity index (χ0v) is 10.7. The smallest absolute Gasteiger partial charge is 0.105 e. The molecule has 0 bridgehead atoms. The topological polar surface area (TPSA) is 21.1 Å². The van der Waals surface area contributed by atoms with E-state index < -0.39 is 0 Å². The van der Waals surface area contributed by atoms with Crippen molar-refractivity contribution in [3.05, 3.63) is 18.2 Å². The molecule has 0 saturated carbocycles. The van der Waals surface area contributed by atoms with Crippen molar-refractivity contribution in [3.63, 3.8) is 0 Å². The van der Waals surface area contributed by atoms with E-state index in [0.717, 1.165) is 30.7 Å². The minimum atomic E-state index is 0.743. The van der Waals surface area contributed by atoms with Crippen molar-refractivity contribution in [2.45, 2.75) is 26.3 Å². The fourth-order valence-electron chi connectivity index (χ4n) is 2.25. The van der Waals surface area contributed by atoms with Crippen LogP contribution in [-0.2, 0) is 6.54 Å². The first-order valence-electron chi connectivity index (χ1n) is 6.05. The molecule has 0 radical (unpaired) electrons. The van der Waals surface area contributed by atoms with Crippen LogP contribution in [0.1, 0.15) is 18.7 Å². The number of likely N-dealkylation sites (tertiary alicyclic amines) is 1. The van der Waals surface area contributed by atoms with E-state index >= 15 is 0 Å². The average Bonchev–Trinajstić information content (AvgIpc) is 2.73. The van der Waals surface area contributed by atoms with Crippen molar-refractivity contribution in [1.29, 1.82) is 0 Å². The molecule has 1 saturated heterocycles. The molecular formula is C12H20ClN3. The first-order valence-corrected chi connectivity index (χ1v) is 6.59. The summed E-state index contributed by atoms with van der Waals surface area (Å²) in [4.78, 5) is 6.76. The highest BCUT2D eigenvalue weighted by molar-refractivity contribution is 6.18. The van der Waals surface area contributed by atoms with Crippen molar-refractivity contribution in [3.8, 4) is 0 Å². The van der Waals surface area contributed by atoms with Crippen molar-refractivity contribution in [2.24, 2.45) is 5.92 Å². The number of piperidine rings is 1. The Morgan fingerprint density at radius 1 is 1.38 bits per heavy atom. The van der Waals surface area contributed by atoms with Gasteiger partial charge in [0.15, 0.2) is 0 Å².